The van der Waals surface area contributed by atoms with Crippen LogP contribution in [0.5, 0.6) is 5.75 Å². The van der Waals surface area contributed by atoms with Crippen LogP contribution in [0.15, 0.2) is 24.3 Å². The van der Waals surface area contributed by atoms with Gasteiger partial charge in [-0.3, -0.25) is 0 Å². The number of fused-ring (bicyclic) bond motifs is 1. The van der Waals surface area contributed by atoms with Crippen molar-refractivity contribution in [1.82, 2.24) is 0 Å². The average Bonchev–Trinajstić information content (AvgIpc) is 2.57. The summed E-state index contributed by atoms with van der Waals surface area (Å²) in [6.45, 7) is 0. The van der Waals surface area contributed by atoms with E-state index in [-0.39, 0.29) is 26.8 Å². The van der Waals surface area contributed by atoms with Crippen molar-refractivity contribution in [3.63, 3.8) is 0 Å². The Morgan fingerprint density at radius 3 is 2.75 bits per heavy atom. The van der Waals surface area contributed by atoms with Crippen molar-refractivity contribution in [2.45, 2.75) is 12.8 Å². The zero-order valence-corrected chi connectivity index (χ0v) is 14.6. The number of rotatable bonds is 3. The number of aryl methyl sites for hydroxylation is 1. The summed E-state index contributed by atoms with van der Waals surface area (Å²) in [7, 11) is 1.58. The van der Waals surface area contributed by atoms with E-state index in [1.54, 1.807) is 13.2 Å². The minimum absolute atomic E-state index is 0.00687. The molecule has 2 aromatic carbocycles. The van der Waals surface area contributed by atoms with Crippen LogP contribution in [0.25, 0.3) is 17.2 Å². The summed E-state index contributed by atoms with van der Waals surface area (Å²) in [4.78, 5) is 0.00687. The first-order valence-corrected chi connectivity index (χ1v) is 8.17. The highest BCUT2D eigenvalue weighted by molar-refractivity contribution is 7.80. The zero-order chi connectivity index (χ0) is 17.4. The summed E-state index contributed by atoms with van der Waals surface area (Å²) in [5, 5.41) is 0.207. The number of nitrogen functional groups attached to an aromatic ring is 1. The number of methoxy groups -OCH3 is 1. The number of ether oxygens (including phenoxy) is 1. The predicted octanol–water partition coefficient (Wildman–Crippen LogP) is 4.33. The molecule has 1 aliphatic carbocycles. The Labute approximate surface area is 150 Å². The van der Waals surface area contributed by atoms with Gasteiger partial charge in [-0.05, 0) is 47.7 Å². The van der Waals surface area contributed by atoms with Gasteiger partial charge >= 0.3 is 0 Å². The molecule has 0 saturated heterocycles. The van der Waals surface area contributed by atoms with Gasteiger partial charge < -0.3 is 16.2 Å². The van der Waals surface area contributed by atoms with Crippen LogP contribution in [0, 0.1) is 5.82 Å². The Bertz CT molecular complexity index is 880. The van der Waals surface area contributed by atoms with Gasteiger partial charge in [0.2, 0.25) is 0 Å². The lowest BCUT2D eigenvalue weighted by Gasteiger charge is -2.19. The van der Waals surface area contributed by atoms with Crippen molar-refractivity contribution in [2.24, 2.45) is 5.73 Å². The number of allylic oxidation sites excluding steroid dienone is 1. The van der Waals surface area contributed by atoms with Crippen LogP contribution in [0.4, 0.5) is 10.1 Å². The Kier molecular flexibility index (Phi) is 4.47. The van der Waals surface area contributed by atoms with Crippen LogP contribution in [-0.2, 0) is 6.42 Å². The molecular weight excluding hydrogens is 347 g/mol. The maximum Gasteiger partial charge on any atom is 0.156 e. The molecule has 3 nitrogen and oxygen atoms in total. The molecule has 4 N–H and O–H groups in total. The van der Waals surface area contributed by atoms with E-state index in [2.05, 4.69) is 6.08 Å². The summed E-state index contributed by atoms with van der Waals surface area (Å²) in [5.41, 5.74) is 14.5. The standard InChI is InChI=1S/C18H16ClFN2OS/c1-23-10-6-9-4-2-3-5-11(9)12(7-10)15-14(19)8-13(18(22)24)17(21)16(15)20/h3,5-8H,2,4,21H2,1H3,(H2,22,24). The third-order valence-electron chi connectivity index (χ3n) is 4.13. The van der Waals surface area contributed by atoms with Gasteiger partial charge in [-0.1, -0.05) is 36.0 Å². The molecule has 0 unspecified atom stereocenters. The number of hydrogen-bond donors (Lipinski definition) is 2. The minimum atomic E-state index is -0.625. The van der Waals surface area contributed by atoms with Gasteiger partial charge in [-0.25, -0.2) is 4.39 Å². The second kappa shape index (κ2) is 6.42. The summed E-state index contributed by atoms with van der Waals surface area (Å²) < 4.78 is 20.3. The average molecular weight is 363 g/mol. The topological polar surface area (TPSA) is 61.3 Å². The highest BCUT2D eigenvalue weighted by Gasteiger charge is 2.22. The van der Waals surface area contributed by atoms with Crippen molar-refractivity contribution in [3.05, 3.63) is 51.8 Å². The molecule has 1 aliphatic rings. The number of nitrogens with two attached hydrogens (primary N) is 2. The number of benzene rings is 2. The second-order valence-electron chi connectivity index (χ2n) is 5.56. The summed E-state index contributed by atoms with van der Waals surface area (Å²) in [6.07, 6.45) is 5.81. The highest BCUT2D eigenvalue weighted by Crippen LogP contribution is 2.41. The van der Waals surface area contributed by atoms with E-state index in [0.29, 0.717) is 11.3 Å². The monoisotopic (exact) mass is 362 g/mol. The van der Waals surface area contributed by atoms with Gasteiger partial charge in [-0.2, -0.15) is 0 Å². The SMILES string of the molecule is COc1cc2c(c(-c3c(Cl)cc(C(N)=S)c(N)c3F)c1)C=CCC2. The molecule has 0 radical (unpaired) electrons. The van der Waals surface area contributed by atoms with Crippen molar-refractivity contribution < 1.29 is 9.13 Å². The smallest absolute Gasteiger partial charge is 0.156 e. The van der Waals surface area contributed by atoms with E-state index in [9.17, 15) is 4.39 Å². The van der Waals surface area contributed by atoms with Crippen LogP contribution in [0.2, 0.25) is 5.02 Å². The van der Waals surface area contributed by atoms with E-state index in [4.69, 9.17) is 40.0 Å². The third-order valence-corrected chi connectivity index (χ3v) is 4.65. The van der Waals surface area contributed by atoms with Crippen molar-refractivity contribution in [3.8, 4) is 16.9 Å². The largest absolute Gasteiger partial charge is 0.497 e. The molecule has 0 heterocycles. The predicted molar refractivity (Wildman–Crippen MR) is 101 cm³/mol. The molecule has 0 bridgehead atoms. The first-order valence-electron chi connectivity index (χ1n) is 7.39. The van der Waals surface area contributed by atoms with Gasteiger partial charge in [0.05, 0.1) is 17.8 Å². The maximum atomic E-state index is 15.0. The lowest BCUT2D eigenvalue weighted by Crippen LogP contribution is -2.14. The van der Waals surface area contributed by atoms with Crippen molar-refractivity contribution >= 4 is 40.6 Å². The molecule has 24 heavy (non-hydrogen) atoms. The van der Waals surface area contributed by atoms with E-state index >= 15 is 0 Å². The zero-order valence-electron chi connectivity index (χ0n) is 13.0. The quantitative estimate of drug-likeness (QED) is 0.630. The molecule has 0 aliphatic heterocycles. The molecule has 6 heteroatoms. The first kappa shape index (κ1) is 16.7. The van der Waals surface area contributed by atoms with Crippen molar-refractivity contribution in [1.29, 1.82) is 0 Å². The fraction of sp³-hybridized carbons (Fsp3) is 0.167. The molecule has 3 rings (SSSR count). The van der Waals surface area contributed by atoms with Crippen LogP contribution < -0.4 is 16.2 Å². The number of anilines is 1. The van der Waals surface area contributed by atoms with Crippen molar-refractivity contribution in [2.75, 3.05) is 12.8 Å². The Morgan fingerprint density at radius 2 is 2.08 bits per heavy atom. The normalized spacial score (nSPS) is 12.8. The molecule has 0 atom stereocenters. The van der Waals surface area contributed by atoms with E-state index < -0.39 is 5.82 Å². The van der Waals surface area contributed by atoms with Crippen LogP contribution in [-0.4, -0.2) is 12.1 Å². The van der Waals surface area contributed by atoms with Crippen LogP contribution in [0.3, 0.4) is 0 Å². The third kappa shape index (κ3) is 2.74. The van der Waals surface area contributed by atoms with Gasteiger partial charge in [-0.15, -0.1) is 0 Å². The summed E-state index contributed by atoms with van der Waals surface area (Å²) in [6, 6.07) is 5.23. The van der Waals surface area contributed by atoms with E-state index in [1.165, 1.54) is 6.07 Å². The first-order chi connectivity index (χ1) is 11.4. The fourth-order valence-corrected chi connectivity index (χ4v) is 3.40. The Hall–Kier alpha value is -2.11. The summed E-state index contributed by atoms with van der Waals surface area (Å²) >= 11 is 11.3. The Balaban J connectivity index is 2.33. The van der Waals surface area contributed by atoms with Gasteiger partial charge in [0, 0.05) is 11.1 Å². The van der Waals surface area contributed by atoms with Gasteiger partial charge in [0.1, 0.15) is 10.7 Å². The van der Waals surface area contributed by atoms with Gasteiger partial charge in [0.25, 0.3) is 0 Å². The molecule has 0 saturated carbocycles. The van der Waals surface area contributed by atoms with Crippen LogP contribution in [0.1, 0.15) is 23.1 Å². The molecule has 124 valence electrons. The molecule has 0 aromatic heterocycles. The number of thiocarbonyl (C=S) groups is 1. The van der Waals surface area contributed by atoms with Crippen LogP contribution >= 0.6 is 23.8 Å². The Morgan fingerprint density at radius 1 is 1.33 bits per heavy atom. The number of hydrogen-bond acceptors (Lipinski definition) is 3. The van der Waals surface area contributed by atoms with Gasteiger partial charge in [0.15, 0.2) is 5.82 Å². The molecule has 0 spiro atoms. The lowest BCUT2D eigenvalue weighted by molar-refractivity contribution is 0.414. The minimum Gasteiger partial charge on any atom is -0.497 e. The lowest BCUT2D eigenvalue weighted by atomic mass is 9.88. The molecular formula is C18H16ClFN2OS. The van der Waals surface area contributed by atoms with E-state index in [1.807, 2.05) is 12.1 Å². The fourth-order valence-electron chi connectivity index (χ4n) is 2.94. The molecule has 0 amide bonds. The maximum absolute atomic E-state index is 15.0. The second-order valence-corrected chi connectivity index (χ2v) is 6.41. The highest BCUT2D eigenvalue weighted by atomic mass is 35.5. The summed E-state index contributed by atoms with van der Waals surface area (Å²) in [5.74, 6) is 0.0197. The molecule has 2 aromatic rings. The number of halogens is 2. The van der Waals surface area contributed by atoms with E-state index in [0.717, 1.165) is 24.0 Å². The molecule has 0 fully saturated rings.